The largest absolute Gasteiger partial charge is 0.573 e. The first-order valence-electron chi connectivity index (χ1n) is 3.47. The van der Waals surface area contributed by atoms with Gasteiger partial charge in [-0.1, -0.05) is 18.2 Å². The predicted octanol–water partition coefficient (Wildman–Crippen LogP) is 0.697. The van der Waals surface area contributed by atoms with Crippen LogP contribution in [0.5, 0.6) is 0 Å². The molecule has 0 amide bonds. The molecule has 0 saturated heterocycles. The topological polar surface area (TPSA) is 104 Å². The van der Waals surface area contributed by atoms with Crippen molar-refractivity contribution in [3.05, 3.63) is 30.7 Å². The number of oxazole rings is 1. The fraction of sp³-hybridized carbons (Fsp3) is 0. The number of hydrogen-bond acceptors (Lipinski definition) is 3. The van der Waals surface area contributed by atoms with E-state index < -0.39 is 7.82 Å². The first kappa shape index (κ1) is 14.7. The number of para-hydroxylation sites is 2. The second kappa shape index (κ2) is 6.31. The number of fused-ring (bicyclic) bond motifs is 1. The Hall–Kier alpha value is -0.317. The van der Waals surface area contributed by atoms with Gasteiger partial charge < -0.3 is 24.1 Å². The third kappa shape index (κ3) is 6.71. The van der Waals surface area contributed by atoms with Crippen LogP contribution in [0.4, 0.5) is 0 Å². The molecule has 0 fully saturated rings. The Kier molecular flexibility index (Phi) is 6.17. The number of nitrogens with zero attached hydrogens (tertiary/aromatic N) is 1. The van der Waals surface area contributed by atoms with Gasteiger partial charge in [-0.2, -0.15) is 0 Å². The van der Waals surface area contributed by atoms with E-state index in [1.165, 1.54) is 0 Å². The van der Waals surface area contributed by atoms with Crippen LogP contribution >= 0.6 is 7.82 Å². The van der Waals surface area contributed by atoms with Gasteiger partial charge >= 0.3 is 7.82 Å². The van der Waals surface area contributed by atoms with Crippen molar-refractivity contribution in [1.29, 1.82) is 0 Å². The molecule has 0 bridgehead atoms. The molecular weight excluding hydrogens is 300 g/mol. The Bertz CT molecular complexity index is 415. The molecule has 1 aromatic carbocycles. The van der Waals surface area contributed by atoms with Gasteiger partial charge in [-0.3, -0.25) is 0 Å². The molecule has 0 spiro atoms. The molecule has 3 N–H and O–H groups in total. The van der Waals surface area contributed by atoms with E-state index in [-0.39, 0.29) is 26.2 Å². The maximum atomic E-state index is 8.88. The summed E-state index contributed by atoms with van der Waals surface area (Å²) in [5, 5.41) is 0. The summed E-state index contributed by atoms with van der Waals surface area (Å²) in [6, 6.07) is 7.56. The molecule has 0 aliphatic heterocycles. The van der Waals surface area contributed by atoms with Crippen LogP contribution < -0.4 is 0 Å². The molecule has 6 nitrogen and oxygen atoms in total. The van der Waals surface area contributed by atoms with Crippen LogP contribution in [-0.2, 0) is 30.8 Å². The Labute approximate surface area is 104 Å². The molecule has 0 saturated carbocycles. The minimum atomic E-state index is -4.64. The summed E-state index contributed by atoms with van der Waals surface area (Å²) in [7, 11) is -4.64. The van der Waals surface area contributed by atoms with Gasteiger partial charge in [0, 0.05) is 26.2 Å². The van der Waals surface area contributed by atoms with Crippen molar-refractivity contribution in [3.8, 4) is 0 Å². The van der Waals surface area contributed by atoms with E-state index in [0.717, 1.165) is 11.1 Å². The maximum Gasteiger partial charge on any atom is 0.466 e. The first-order valence-corrected chi connectivity index (χ1v) is 5.03. The molecule has 0 radical (unpaired) electrons. The van der Waals surface area contributed by atoms with Crippen LogP contribution in [0.1, 0.15) is 0 Å². The summed E-state index contributed by atoms with van der Waals surface area (Å²) < 4.78 is 13.8. The Morgan fingerprint density at radius 2 is 1.80 bits per heavy atom. The fourth-order valence-electron chi connectivity index (χ4n) is 0.757. The van der Waals surface area contributed by atoms with E-state index in [4.69, 9.17) is 23.7 Å². The van der Waals surface area contributed by atoms with Crippen LogP contribution in [0, 0.1) is 6.39 Å². The number of phosphoric acid groups is 1. The molecule has 1 aromatic heterocycles. The van der Waals surface area contributed by atoms with Gasteiger partial charge in [-0.05, 0) is 11.1 Å². The van der Waals surface area contributed by atoms with Crippen molar-refractivity contribution in [2.75, 3.05) is 0 Å². The molecule has 0 atom stereocenters. The molecule has 80 valence electrons. The monoisotopic (exact) mass is 306 g/mol. The average Bonchev–Trinajstić information content (AvgIpc) is 2.47. The molecule has 8 heteroatoms. The van der Waals surface area contributed by atoms with Crippen molar-refractivity contribution in [2.24, 2.45) is 0 Å². The van der Waals surface area contributed by atoms with Gasteiger partial charge in [0.25, 0.3) is 0 Å². The van der Waals surface area contributed by atoms with Crippen LogP contribution in [0.25, 0.3) is 11.1 Å². The molecule has 2 aromatic rings. The first-order chi connectivity index (χ1) is 6.47. The van der Waals surface area contributed by atoms with Crippen LogP contribution in [0.2, 0.25) is 0 Å². The predicted molar refractivity (Wildman–Crippen MR) is 47.1 cm³/mol. The summed E-state index contributed by atoms with van der Waals surface area (Å²) in [4.78, 5) is 25.4. The fourth-order valence-corrected chi connectivity index (χ4v) is 0.757. The van der Waals surface area contributed by atoms with Crippen molar-refractivity contribution >= 4 is 18.9 Å². The van der Waals surface area contributed by atoms with E-state index in [9.17, 15) is 0 Å². The molecule has 0 aliphatic rings. The average molecular weight is 307 g/mol. The summed E-state index contributed by atoms with van der Waals surface area (Å²) in [5.74, 6) is 0. The number of benzene rings is 1. The number of aromatic nitrogens is 1. The molecule has 0 unspecified atom stereocenters. The zero-order valence-corrected chi connectivity index (χ0v) is 10.7. The SMILES string of the molecule is O=P(O)(O)O.[Zr].[c-]1nc2ccccc2o1. The van der Waals surface area contributed by atoms with Crippen LogP contribution in [-0.4, -0.2) is 19.7 Å². The normalized spacial score (nSPS) is 10.1. The van der Waals surface area contributed by atoms with Crippen molar-refractivity contribution in [3.63, 3.8) is 0 Å². The Morgan fingerprint density at radius 3 is 2.33 bits per heavy atom. The smallest absolute Gasteiger partial charge is 0.466 e. The molecule has 0 aliphatic carbocycles. The van der Waals surface area contributed by atoms with Gasteiger partial charge in [-0.25, -0.2) is 4.57 Å². The van der Waals surface area contributed by atoms with E-state index in [1.807, 2.05) is 24.3 Å². The van der Waals surface area contributed by atoms with Gasteiger partial charge in [0.2, 0.25) is 0 Å². The molecule has 1 heterocycles. The minimum absolute atomic E-state index is 0. The van der Waals surface area contributed by atoms with Crippen LogP contribution in [0.15, 0.2) is 28.7 Å². The second-order valence-electron chi connectivity index (χ2n) is 2.29. The number of rotatable bonds is 0. The standard InChI is InChI=1S/C7H4NO.H3O4P.Zr/c1-2-4-7-6(3-1)8-5-9-7;1-5(2,3)4;/h1-4H;(H3,1,2,3,4);/q-1;;. The quantitative estimate of drug-likeness (QED) is 0.489. The van der Waals surface area contributed by atoms with Crippen molar-refractivity contribution in [2.45, 2.75) is 0 Å². The number of hydrogen-bond donors (Lipinski definition) is 3. The van der Waals surface area contributed by atoms with Gasteiger partial charge in [-0.15, -0.1) is 6.07 Å². The van der Waals surface area contributed by atoms with E-state index >= 15 is 0 Å². The van der Waals surface area contributed by atoms with Crippen molar-refractivity contribution in [1.82, 2.24) is 4.98 Å². The summed E-state index contributed by atoms with van der Waals surface area (Å²) in [6.07, 6.45) is 2.41. The van der Waals surface area contributed by atoms with Gasteiger partial charge in [0.1, 0.15) is 6.39 Å². The molecule has 15 heavy (non-hydrogen) atoms. The van der Waals surface area contributed by atoms with Crippen molar-refractivity contribution < 1.29 is 49.9 Å². The minimum Gasteiger partial charge on any atom is -0.573 e. The molecular formula is C7H7NO5PZr-. The van der Waals surface area contributed by atoms with Gasteiger partial charge in [0.05, 0.1) is 0 Å². The zero-order chi connectivity index (χ0) is 10.6. The summed E-state index contributed by atoms with van der Waals surface area (Å²) in [6.45, 7) is 0. The van der Waals surface area contributed by atoms with Gasteiger partial charge in [0.15, 0.2) is 0 Å². The summed E-state index contributed by atoms with van der Waals surface area (Å²) in [5.41, 5.74) is 1.65. The van der Waals surface area contributed by atoms with E-state index in [1.54, 1.807) is 0 Å². The van der Waals surface area contributed by atoms with E-state index in [0.29, 0.717) is 0 Å². The van der Waals surface area contributed by atoms with E-state index in [2.05, 4.69) is 11.4 Å². The Morgan fingerprint density at radius 1 is 1.27 bits per heavy atom. The molecule has 2 rings (SSSR count). The third-order valence-electron chi connectivity index (χ3n) is 1.19. The third-order valence-corrected chi connectivity index (χ3v) is 1.19. The maximum absolute atomic E-state index is 8.88. The second-order valence-corrected chi connectivity index (χ2v) is 3.31. The summed E-state index contributed by atoms with van der Waals surface area (Å²) >= 11 is 0. The van der Waals surface area contributed by atoms with Crippen LogP contribution in [0.3, 0.4) is 0 Å². The Balaban J connectivity index is 0.000000289. The zero-order valence-electron chi connectivity index (χ0n) is 7.36.